The van der Waals surface area contributed by atoms with Crippen LogP contribution in [0.2, 0.25) is 25.7 Å². The zero-order valence-corrected chi connectivity index (χ0v) is 16.0. The third kappa shape index (κ3) is 3.09. The summed E-state index contributed by atoms with van der Waals surface area (Å²) in [5.41, 5.74) is 3.41. The van der Waals surface area contributed by atoms with E-state index in [1.165, 1.54) is 16.3 Å². The molecular weight excluding hydrogens is 322 g/mol. The summed E-state index contributed by atoms with van der Waals surface area (Å²) in [6.07, 6.45) is 0. The molecule has 0 amide bonds. The van der Waals surface area contributed by atoms with Gasteiger partial charge in [0.15, 0.2) is 0 Å². The number of hydrogen-bond acceptors (Lipinski definition) is 2. The van der Waals surface area contributed by atoms with Gasteiger partial charge in [-0.2, -0.15) is 0 Å². The number of benzene rings is 3. The van der Waals surface area contributed by atoms with Gasteiger partial charge in [-0.3, -0.25) is 0 Å². The van der Waals surface area contributed by atoms with Crippen molar-refractivity contribution in [1.82, 2.24) is 15.0 Å². The standard InChI is InChI=1S/C21H23N3Si/c1-25(2,3)15-21(24-20-14-7-6-13-19(20)22-23-24)18-12-8-10-16-9-4-5-11-17(16)18/h4-14,21H,15H2,1-3H3/t21-/m1/s1. The van der Waals surface area contributed by atoms with Crippen LogP contribution in [0.3, 0.4) is 0 Å². The first-order chi connectivity index (χ1) is 12.0. The first kappa shape index (κ1) is 16.0. The molecule has 0 fully saturated rings. The number of para-hydroxylation sites is 1. The van der Waals surface area contributed by atoms with E-state index >= 15 is 0 Å². The molecule has 0 radical (unpaired) electrons. The van der Waals surface area contributed by atoms with Crippen molar-refractivity contribution in [1.29, 1.82) is 0 Å². The van der Waals surface area contributed by atoms with Gasteiger partial charge in [-0.15, -0.1) is 5.10 Å². The molecule has 4 aromatic rings. The Morgan fingerprint density at radius 1 is 0.880 bits per heavy atom. The molecule has 0 N–H and O–H groups in total. The van der Waals surface area contributed by atoms with E-state index in [4.69, 9.17) is 0 Å². The Bertz CT molecular complexity index is 1020. The average Bonchev–Trinajstić information content (AvgIpc) is 3.02. The summed E-state index contributed by atoms with van der Waals surface area (Å²) in [5.74, 6) is 0. The van der Waals surface area contributed by atoms with E-state index in [-0.39, 0.29) is 6.04 Å². The quantitative estimate of drug-likeness (QED) is 0.456. The zero-order chi connectivity index (χ0) is 17.4. The second-order valence-electron chi connectivity index (χ2n) is 7.87. The highest BCUT2D eigenvalue weighted by atomic mass is 28.3. The van der Waals surface area contributed by atoms with Crippen LogP contribution in [0.25, 0.3) is 21.8 Å². The Morgan fingerprint density at radius 2 is 1.60 bits per heavy atom. The summed E-state index contributed by atoms with van der Waals surface area (Å²) in [5, 5.41) is 11.6. The van der Waals surface area contributed by atoms with E-state index in [2.05, 4.69) is 89.2 Å². The maximum absolute atomic E-state index is 4.55. The Labute approximate surface area is 149 Å². The van der Waals surface area contributed by atoms with E-state index in [9.17, 15) is 0 Å². The lowest BCUT2D eigenvalue weighted by molar-refractivity contribution is 0.557. The van der Waals surface area contributed by atoms with Gasteiger partial charge in [0.25, 0.3) is 0 Å². The van der Waals surface area contributed by atoms with Gasteiger partial charge < -0.3 is 0 Å². The van der Waals surface area contributed by atoms with Crippen LogP contribution in [0.15, 0.2) is 66.7 Å². The summed E-state index contributed by atoms with van der Waals surface area (Å²) in [4.78, 5) is 0. The molecular formula is C21H23N3Si. The SMILES string of the molecule is C[Si](C)(C)C[C@H](c1cccc2ccccc12)n1nnc2ccccc21. The molecule has 0 saturated heterocycles. The van der Waals surface area contributed by atoms with Gasteiger partial charge in [-0.05, 0) is 34.5 Å². The fourth-order valence-corrected chi connectivity index (χ4v) is 5.12. The molecule has 0 saturated carbocycles. The van der Waals surface area contributed by atoms with Gasteiger partial charge in [0.2, 0.25) is 0 Å². The minimum Gasteiger partial charge on any atom is -0.237 e. The Kier molecular flexibility index (Phi) is 3.92. The lowest BCUT2D eigenvalue weighted by atomic mass is 9.99. The van der Waals surface area contributed by atoms with Crippen LogP contribution in [0.5, 0.6) is 0 Å². The van der Waals surface area contributed by atoms with Crippen LogP contribution >= 0.6 is 0 Å². The van der Waals surface area contributed by atoms with Crippen molar-refractivity contribution in [3.8, 4) is 0 Å². The summed E-state index contributed by atoms with van der Waals surface area (Å²) < 4.78 is 2.13. The van der Waals surface area contributed by atoms with Crippen molar-refractivity contribution in [2.24, 2.45) is 0 Å². The zero-order valence-electron chi connectivity index (χ0n) is 15.0. The molecule has 3 aromatic carbocycles. The Morgan fingerprint density at radius 3 is 2.44 bits per heavy atom. The first-order valence-electron chi connectivity index (χ1n) is 8.80. The Hall–Kier alpha value is -2.46. The van der Waals surface area contributed by atoms with Crippen molar-refractivity contribution < 1.29 is 0 Å². The lowest BCUT2D eigenvalue weighted by Crippen LogP contribution is -2.27. The average molecular weight is 346 g/mol. The topological polar surface area (TPSA) is 30.7 Å². The number of fused-ring (bicyclic) bond motifs is 2. The summed E-state index contributed by atoms with van der Waals surface area (Å²) in [6.45, 7) is 7.26. The van der Waals surface area contributed by atoms with Gasteiger partial charge in [0.1, 0.15) is 5.52 Å². The summed E-state index contributed by atoms with van der Waals surface area (Å²) in [7, 11) is -1.32. The van der Waals surface area contributed by atoms with Crippen LogP contribution in [-0.2, 0) is 0 Å². The Balaban J connectivity index is 1.95. The summed E-state index contributed by atoms with van der Waals surface area (Å²) in [6, 6.07) is 24.8. The van der Waals surface area contributed by atoms with Gasteiger partial charge in [0, 0.05) is 8.07 Å². The van der Waals surface area contributed by atoms with Crippen molar-refractivity contribution >= 4 is 29.9 Å². The second-order valence-corrected chi connectivity index (χ2v) is 13.4. The van der Waals surface area contributed by atoms with E-state index in [1.54, 1.807) is 0 Å². The fourth-order valence-electron chi connectivity index (χ4n) is 3.57. The second kappa shape index (κ2) is 6.12. The number of aromatic nitrogens is 3. The molecule has 1 atom stereocenters. The molecule has 25 heavy (non-hydrogen) atoms. The summed E-state index contributed by atoms with van der Waals surface area (Å²) >= 11 is 0. The fraction of sp³-hybridized carbons (Fsp3) is 0.238. The third-order valence-corrected chi connectivity index (χ3v) is 6.27. The molecule has 0 aliphatic rings. The van der Waals surface area contributed by atoms with Gasteiger partial charge >= 0.3 is 0 Å². The van der Waals surface area contributed by atoms with Crippen LogP contribution in [0, 0.1) is 0 Å². The van der Waals surface area contributed by atoms with Crippen LogP contribution in [-0.4, -0.2) is 23.1 Å². The first-order valence-corrected chi connectivity index (χ1v) is 12.5. The predicted octanol–water partition coefficient (Wildman–Crippen LogP) is 5.51. The van der Waals surface area contributed by atoms with Crippen LogP contribution in [0.1, 0.15) is 11.6 Å². The molecule has 4 rings (SSSR count). The molecule has 1 heterocycles. The highest BCUT2D eigenvalue weighted by molar-refractivity contribution is 6.76. The minimum absolute atomic E-state index is 0.213. The molecule has 4 heteroatoms. The van der Waals surface area contributed by atoms with E-state index in [0.717, 1.165) is 17.1 Å². The molecule has 0 spiro atoms. The van der Waals surface area contributed by atoms with Crippen LogP contribution in [0.4, 0.5) is 0 Å². The smallest absolute Gasteiger partial charge is 0.113 e. The van der Waals surface area contributed by atoms with Crippen LogP contribution < -0.4 is 0 Å². The predicted molar refractivity (Wildman–Crippen MR) is 108 cm³/mol. The van der Waals surface area contributed by atoms with E-state index in [1.807, 2.05) is 12.1 Å². The van der Waals surface area contributed by atoms with Gasteiger partial charge in [-0.25, -0.2) is 4.68 Å². The van der Waals surface area contributed by atoms with E-state index < -0.39 is 8.07 Å². The van der Waals surface area contributed by atoms with Crippen molar-refractivity contribution in [2.45, 2.75) is 31.7 Å². The maximum Gasteiger partial charge on any atom is 0.113 e. The molecule has 0 aliphatic heterocycles. The number of nitrogens with zero attached hydrogens (tertiary/aromatic N) is 3. The molecule has 1 aromatic heterocycles. The van der Waals surface area contributed by atoms with Crippen molar-refractivity contribution in [2.75, 3.05) is 0 Å². The van der Waals surface area contributed by atoms with Crippen molar-refractivity contribution in [3.63, 3.8) is 0 Å². The molecule has 126 valence electrons. The molecule has 0 bridgehead atoms. The molecule has 3 nitrogen and oxygen atoms in total. The molecule has 0 unspecified atom stereocenters. The maximum atomic E-state index is 4.55. The number of hydrogen-bond donors (Lipinski definition) is 0. The normalized spacial score (nSPS) is 13.4. The number of rotatable bonds is 4. The highest BCUT2D eigenvalue weighted by Gasteiger charge is 2.26. The monoisotopic (exact) mass is 345 g/mol. The minimum atomic E-state index is -1.32. The lowest BCUT2D eigenvalue weighted by Gasteiger charge is -2.26. The van der Waals surface area contributed by atoms with E-state index in [0.29, 0.717) is 0 Å². The van der Waals surface area contributed by atoms with Crippen molar-refractivity contribution in [3.05, 3.63) is 72.3 Å². The largest absolute Gasteiger partial charge is 0.237 e. The molecule has 0 aliphatic carbocycles. The third-order valence-electron chi connectivity index (χ3n) is 4.66. The van der Waals surface area contributed by atoms with Gasteiger partial charge in [-0.1, -0.05) is 79.5 Å². The highest BCUT2D eigenvalue weighted by Crippen LogP contribution is 2.34. The van der Waals surface area contributed by atoms with Gasteiger partial charge in [0.05, 0.1) is 11.6 Å².